The summed E-state index contributed by atoms with van der Waals surface area (Å²) in [4.78, 5) is 25.9. The third kappa shape index (κ3) is 4.73. The number of nitrogens with one attached hydrogen (secondary N) is 2. The van der Waals surface area contributed by atoms with Crippen LogP contribution in [-0.4, -0.2) is 26.0 Å². The molecule has 0 bridgehead atoms. The number of fused-ring (bicyclic) bond motifs is 1. The first-order valence-electron chi connectivity index (χ1n) is 11.0. The maximum atomic E-state index is 15.6. The molecule has 0 aliphatic rings. The normalized spacial score (nSPS) is 11.0. The Bertz CT molecular complexity index is 1580. The number of carbonyl (C=O) groups excluding carboxylic acids is 1. The first-order valence-corrected chi connectivity index (χ1v) is 11.4. The van der Waals surface area contributed by atoms with Gasteiger partial charge < -0.3 is 15.2 Å². The van der Waals surface area contributed by atoms with Crippen LogP contribution < -0.4 is 10.6 Å². The largest absolute Gasteiger partial charge is 0.363 e. The number of hydrogen-bond acceptors (Lipinski definition) is 7. The summed E-state index contributed by atoms with van der Waals surface area (Å²) in [5, 5.41) is 10.9. The van der Waals surface area contributed by atoms with E-state index in [2.05, 4.69) is 30.7 Å². The highest BCUT2D eigenvalue weighted by Gasteiger charge is 2.21. The van der Waals surface area contributed by atoms with Crippen LogP contribution in [-0.2, 0) is 6.54 Å². The summed E-state index contributed by atoms with van der Waals surface area (Å²) in [6.07, 6.45) is 1.55. The standard InChI is InChI=1S/C26H20ClFN6O2/c1-14-22(15(2)36-34-14)20-11-21(23(28)24(32-20)29-12-16-6-5-8-18(27)10-16)33-26(35)25-30-13-17-7-3-4-9-19(17)31-25/h3-11,13H,12H2,1-2H3,(H2,29,32,33,35). The third-order valence-electron chi connectivity index (χ3n) is 5.54. The summed E-state index contributed by atoms with van der Waals surface area (Å²) in [5.41, 5.74) is 2.93. The molecule has 10 heteroatoms. The SMILES string of the molecule is Cc1noc(C)c1-c1cc(NC(=O)c2ncc3ccccc3n2)c(F)c(NCc2cccc(Cl)c2)n1. The molecule has 8 nitrogen and oxygen atoms in total. The Morgan fingerprint density at radius 1 is 1.08 bits per heavy atom. The lowest BCUT2D eigenvalue weighted by Gasteiger charge is -2.14. The molecule has 0 unspecified atom stereocenters. The number of carbonyl (C=O) groups is 1. The molecule has 3 aromatic heterocycles. The lowest BCUT2D eigenvalue weighted by molar-refractivity contribution is 0.101. The number of rotatable bonds is 6. The minimum absolute atomic E-state index is 0.0535. The van der Waals surface area contributed by atoms with E-state index in [0.29, 0.717) is 33.3 Å². The average Bonchev–Trinajstić information content (AvgIpc) is 3.22. The highest BCUT2D eigenvalue weighted by molar-refractivity contribution is 6.30. The van der Waals surface area contributed by atoms with Gasteiger partial charge in [-0.15, -0.1) is 0 Å². The van der Waals surface area contributed by atoms with Crippen LogP contribution >= 0.6 is 11.6 Å². The first-order chi connectivity index (χ1) is 17.4. The van der Waals surface area contributed by atoms with Gasteiger partial charge in [-0.1, -0.05) is 47.1 Å². The van der Waals surface area contributed by atoms with Crippen molar-refractivity contribution in [3.63, 3.8) is 0 Å². The molecule has 0 fully saturated rings. The molecule has 1 amide bonds. The van der Waals surface area contributed by atoms with Crippen molar-refractivity contribution in [3.8, 4) is 11.3 Å². The van der Waals surface area contributed by atoms with Crippen molar-refractivity contribution >= 4 is 39.9 Å². The molecule has 5 rings (SSSR count). The fraction of sp³-hybridized carbons (Fsp3) is 0.115. The van der Waals surface area contributed by atoms with Crippen LogP contribution in [0.15, 0.2) is 65.3 Å². The second-order valence-electron chi connectivity index (χ2n) is 8.11. The molecule has 0 aliphatic carbocycles. The monoisotopic (exact) mass is 502 g/mol. The Hall–Kier alpha value is -4.37. The summed E-state index contributed by atoms with van der Waals surface area (Å²) < 4.78 is 20.8. The maximum absolute atomic E-state index is 15.6. The highest BCUT2D eigenvalue weighted by atomic mass is 35.5. The van der Waals surface area contributed by atoms with E-state index >= 15 is 4.39 Å². The van der Waals surface area contributed by atoms with Crippen molar-refractivity contribution in [2.75, 3.05) is 10.6 Å². The van der Waals surface area contributed by atoms with Crippen LogP contribution in [0.25, 0.3) is 22.2 Å². The second kappa shape index (κ2) is 9.71. The maximum Gasteiger partial charge on any atom is 0.293 e. The number of aromatic nitrogens is 4. The number of amides is 1. The van der Waals surface area contributed by atoms with E-state index in [1.54, 1.807) is 44.3 Å². The van der Waals surface area contributed by atoms with E-state index in [1.807, 2.05) is 24.3 Å². The molecule has 2 N–H and O–H groups in total. The molecule has 0 saturated heterocycles. The van der Waals surface area contributed by atoms with Crippen molar-refractivity contribution in [2.45, 2.75) is 20.4 Å². The predicted molar refractivity (Wildman–Crippen MR) is 135 cm³/mol. The van der Waals surface area contributed by atoms with E-state index in [4.69, 9.17) is 16.1 Å². The molecule has 0 spiro atoms. The zero-order valence-electron chi connectivity index (χ0n) is 19.3. The van der Waals surface area contributed by atoms with Crippen molar-refractivity contribution < 1.29 is 13.7 Å². The minimum atomic E-state index is -0.735. The van der Waals surface area contributed by atoms with Crippen LogP contribution in [0.5, 0.6) is 0 Å². The quantitative estimate of drug-likeness (QED) is 0.295. The van der Waals surface area contributed by atoms with Gasteiger partial charge in [0.25, 0.3) is 5.91 Å². The van der Waals surface area contributed by atoms with Gasteiger partial charge in [0.1, 0.15) is 5.76 Å². The lowest BCUT2D eigenvalue weighted by atomic mass is 10.1. The zero-order chi connectivity index (χ0) is 25.2. The van der Waals surface area contributed by atoms with Crippen molar-refractivity contribution in [1.82, 2.24) is 20.1 Å². The predicted octanol–water partition coefficient (Wildman–Crippen LogP) is 5.95. The fourth-order valence-electron chi connectivity index (χ4n) is 3.81. The molecular formula is C26H20ClFN6O2. The van der Waals surface area contributed by atoms with E-state index < -0.39 is 11.7 Å². The fourth-order valence-corrected chi connectivity index (χ4v) is 4.02. The van der Waals surface area contributed by atoms with Gasteiger partial charge in [-0.05, 0) is 43.7 Å². The number of halogens is 2. The van der Waals surface area contributed by atoms with Gasteiger partial charge >= 0.3 is 0 Å². The number of benzene rings is 2. The Morgan fingerprint density at radius 3 is 2.69 bits per heavy atom. The van der Waals surface area contributed by atoms with Crippen LogP contribution in [0.3, 0.4) is 0 Å². The topological polar surface area (TPSA) is 106 Å². The summed E-state index contributed by atoms with van der Waals surface area (Å²) >= 11 is 6.07. The Balaban J connectivity index is 1.51. The molecule has 0 saturated carbocycles. The third-order valence-corrected chi connectivity index (χ3v) is 5.77. The summed E-state index contributed by atoms with van der Waals surface area (Å²) in [7, 11) is 0. The molecule has 0 atom stereocenters. The molecule has 2 aromatic carbocycles. The summed E-state index contributed by atoms with van der Waals surface area (Å²) in [6, 6.07) is 15.9. The Labute approximate surface area is 210 Å². The molecule has 36 heavy (non-hydrogen) atoms. The minimum Gasteiger partial charge on any atom is -0.363 e. The van der Waals surface area contributed by atoms with E-state index in [1.165, 1.54) is 6.07 Å². The number of hydrogen-bond donors (Lipinski definition) is 2. The number of para-hydroxylation sites is 1. The molecule has 0 radical (unpaired) electrons. The van der Waals surface area contributed by atoms with Crippen molar-refractivity contribution in [3.05, 3.63) is 94.5 Å². The lowest BCUT2D eigenvalue weighted by Crippen LogP contribution is -2.17. The van der Waals surface area contributed by atoms with Gasteiger partial charge in [0.15, 0.2) is 11.6 Å². The van der Waals surface area contributed by atoms with Gasteiger partial charge in [-0.25, -0.2) is 19.3 Å². The second-order valence-corrected chi connectivity index (χ2v) is 8.54. The van der Waals surface area contributed by atoms with Crippen LogP contribution in [0.1, 0.15) is 27.6 Å². The molecule has 0 aliphatic heterocycles. The average molecular weight is 503 g/mol. The van der Waals surface area contributed by atoms with Gasteiger partial charge in [0, 0.05) is 23.2 Å². The van der Waals surface area contributed by atoms with E-state index in [-0.39, 0.29) is 23.9 Å². The highest BCUT2D eigenvalue weighted by Crippen LogP contribution is 2.32. The van der Waals surface area contributed by atoms with E-state index in [0.717, 1.165) is 10.9 Å². The van der Waals surface area contributed by atoms with Gasteiger partial charge in [0.05, 0.1) is 28.2 Å². The van der Waals surface area contributed by atoms with Gasteiger partial charge in [0.2, 0.25) is 5.82 Å². The van der Waals surface area contributed by atoms with E-state index in [9.17, 15) is 4.79 Å². The zero-order valence-corrected chi connectivity index (χ0v) is 20.1. The molecule has 5 aromatic rings. The van der Waals surface area contributed by atoms with Crippen LogP contribution in [0.4, 0.5) is 15.9 Å². The van der Waals surface area contributed by atoms with Gasteiger partial charge in [-0.2, -0.15) is 0 Å². The number of nitrogens with zero attached hydrogens (tertiary/aromatic N) is 4. The van der Waals surface area contributed by atoms with Crippen molar-refractivity contribution in [1.29, 1.82) is 0 Å². The summed E-state index contributed by atoms with van der Waals surface area (Å²) in [6.45, 7) is 3.76. The number of pyridine rings is 1. The number of anilines is 2. The molecule has 180 valence electrons. The Kier molecular flexibility index (Phi) is 6.30. The van der Waals surface area contributed by atoms with Crippen molar-refractivity contribution in [2.24, 2.45) is 0 Å². The smallest absolute Gasteiger partial charge is 0.293 e. The summed E-state index contributed by atoms with van der Waals surface area (Å²) in [5.74, 6) is -1.01. The van der Waals surface area contributed by atoms with Crippen LogP contribution in [0.2, 0.25) is 5.02 Å². The molecule has 3 heterocycles. The van der Waals surface area contributed by atoms with Crippen LogP contribution in [0, 0.1) is 19.7 Å². The molecular weight excluding hydrogens is 483 g/mol. The Morgan fingerprint density at radius 2 is 1.92 bits per heavy atom. The first kappa shape index (κ1) is 23.4. The number of aryl methyl sites for hydroxylation is 2. The van der Waals surface area contributed by atoms with Gasteiger partial charge in [-0.3, -0.25) is 4.79 Å².